The quantitative estimate of drug-likeness (QED) is 0.143. The number of morpholine rings is 1. The average Bonchev–Trinajstić information content (AvgIpc) is 3.53. The highest BCUT2D eigenvalue weighted by molar-refractivity contribution is 5.97. The van der Waals surface area contributed by atoms with Gasteiger partial charge in [0.25, 0.3) is 0 Å². The van der Waals surface area contributed by atoms with Crippen LogP contribution in [0, 0.1) is 11.3 Å². The molecule has 2 aliphatic rings. The lowest BCUT2D eigenvalue weighted by atomic mass is 9.96. The highest BCUT2D eigenvalue weighted by Gasteiger charge is 2.54. The SMILES string of the molecule is C[C@]1(O)C(n2c(NCc3ccc(-c4ccccc4)c(OCCCCN4CCOCC4)c3)c(C#N)c3c(N)ncnc32)OC(CO)[C@H]1O. The molecule has 4 heterocycles. The Morgan fingerprint density at radius 2 is 1.94 bits per heavy atom. The van der Waals surface area contributed by atoms with Crippen molar-refractivity contribution in [1.82, 2.24) is 19.4 Å². The minimum Gasteiger partial charge on any atom is -0.493 e. The molecule has 13 nitrogen and oxygen atoms in total. The van der Waals surface area contributed by atoms with Gasteiger partial charge in [-0.05, 0) is 43.5 Å². The van der Waals surface area contributed by atoms with Crippen molar-refractivity contribution in [3.8, 4) is 22.9 Å². The molecule has 0 aliphatic carbocycles. The number of aliphatic hydroxyl groups excluding tert-OH is 2. The predicted octanol–water partition coefficient (Wildman–Crippen LogP) is 2.66. The van der Waals surface area contributed by atoms with Crippen molar-refractivity contribution >= 4 is 22.7 Å². The molecule has 0 spiro atoms. The Bertz CT molecular complexity index is 1720. The largest absolute Gasteiger partial charge is 0.493 e. The van der Waals surface area contributed by atoms with Gasteiger partial charge in [0.05, 0.1) is 31.8 Å². The van der Waals surface area contributed by atoms with E-state index in [-0.39, 0.29) is 29.4 Å². The summed E-state index contributed by atoms with van der Waals surface area (Å²) < 4.78 is 19.3. The summed E-state index contributed by atoms with van der Waals surface area (Å²) in [6.07, 6.45) is -0.461. The number of unbranched alkanes of at least 4 members (excludes halogenated alkanes) is 1. The first-order valence-electron chi connectivity index (χ1n) is 15.9. The molecule has 0 saturated carbocycles. The van der Waals surface area contributed by atoms with Crippen LogP contribution in [-0.2, 0) is 16.0 Å². The fourth-order valence-electron chi connectivity index (χ4n) is 6.32. The number of nitrogens with zero attached hydrogens (tertiary/aromatic N) is 5. The van der Waals surface area contributed by atoms with Crippen molar-refractivity contribution in [2.45, 2.75) is 50.3 Å². The number of nitrogen functional groups attached to an aromatic ring is 1. The van der Waals surface area contributed by atoms with Gasteiger partial charge in [-0.3, -0.25) is 9.47 Å². The van der Waals surface area contributed by atoms with Gasteiger partial charge in [-0.25, -0.2) is 9.97 Å². The molecule has 6 rings (SSSR count). The second-order valence-corrected chi connectivity index (χ2v) is 12.1. The summed E-state index contributed by atoms with van der Waals surface area (Å²) >= 11 is 0. The molecule has 47 heavy (non-hydrogen) atoms. The number of aliphatic hydroxyl groups is 3. The Balaban J connectivity index is 1.28. The Hall–Kier alpha value is -4.29. The second-order valence-electron chi connectivity index (χ2n) is 12.1. The van der Waals surface area contributed by atoms with Crippen LogP contribution in [0.3, 0.4) is 0 Å². The van der Waals surface area contributed by atoms with Crippen LogP contribution in [0.5, 0.6) is 5.75 Å². The summed E-state index contributed by atoms with van der Waals surface area (Å²) in [5, 5.41) is 45.8. The summed E-state index contributed by atoms with van der Waals surface area (Å²) in [4.78, 5) is 10.9. The molecule has 6 N–H and O–H groups in total. The van der Waals surface area contributed by atoms with Crippen molar-refractivity contribution in [3.63, 3.8) is 0 Å². The molecule has 0 amide bonds. The molecule has 2 aromatic heterocycles. The van der Waals surface area contributed by atoms with E-state index in [2.05, 4.69) is 26.3 Å². The van der Waals surface area contributed by atoms with Crippen LogP contribution in [0.15, 0.2) is 54.9 Å². The first-order chi connectivity index (χ1) is 22.8. The average molecular weight is 644 g/mol. The second kappa shape index (κ2) is 14.2. The summed E-state index contributed by atoms with van der Waals surface area (Å²) in [6.45, 7) is 6.24. The summed E-state index contributed by atoms with van der Waals surface area (Å²) in [7, 11) is 0. The summed E-state index contributed by atoms with van der Waals surface area (Å²) in [5.74, 6) is 1.11. The summed E-state index contributed by atoms with van der Waals surface area (Å²) in [6, 6.07) is 18.2. The van der Waals surface area contributed by atoms with Crippen molar-refractivity contribution in [3.05, 3.63) is 66.0 Å². The Morgan fingerprint density at radius 1 is 1.15 bits per heavy atom. The van der Waals surface area contributed by atoms with E-state index in [1.807, 2.05) is 48.5 Å². The normalized spacial score (nSPS) is 23.2. The van der Waals surface area contributed by atoms with Crippen molar-refractivity contribution in [1.29, 1.82) is 5.26 Å². The number of nitriles is 1. The van der Waals surface area contributed by atoms with Gasteiger partial charge in [-0.1, -0.05) is 42.5 Å². The molecule has 0 radical (unpaired) electrons. The van der Waals surface area contributed by atoms with E-state index in [0.29, 0.717) is 12.0 Å². The maximum atomic E-state index is 11.4. The number of hydrogen-bond donors (Lipinski definition) is 5. The molecule has 248 valence electrons. The van der Waals surface area contributed by atoms with Crippen LogP contribution in [0.25, 0.3) is 22.2 Å². The molecule has 2 aliphatic heterocycles. The van der Waals surface area contributed by atoms with Gasteiger partial charge in [0, 0.05) is 25.2 Å². The maximum Gasteiger partial charge on any atom is 0.168 e. The van der Waals surface area contributed by atoms with E-state index in [1.165, 1.54) is 17.8 Å². The molecule has 2 unspecified atom stereocenters. The Kier molecular flexibility index (Phi) is 9.88. The van der Waals surface area contributed by atoms with E-state index in [1.54, 1.807) is 0 Å². The molecule has 0 bridgehead atoms. The van der Waals surface area contributed by atoms with Gasteiger partial charge in [0.2, 0.25) is 0 Å². The van der Waals surface area contributed by atoms with E-state index in [4.69, 9.17) is 19.9 Å². The number of aromatic nitrogens is 3. The lowest BCUT2D eigenvalue weighted by Crippen LogP contribution is -2.44. The highest BCUT2D eigenvalue weighted by atomic mass is 16.6. The molecule has 13 heteroatoms. The zero-order chi connectivity index (χ0) is 33.0. The lowest BCUT2D eigenvalue weighted by Gasteiger charge is -2.29. The fourth-order valence-corrected chi connectivity index (χ4v) is 6.32. The maximum absolute atomic E-state index is 11.4. The Morgan fingerprint density at radius 3 is 2.66 bits per heavy atom. The number of hydrogen-bond acceptors (Lipinski definition) is 12. The number of benzene rings is 2. The minimum atomic E-state index is -1.83. The van der Waals surface area contributed by atoms with Crippen LogP contribution in [0.1, 0.15) is 37.1 Å². The highest BCUT2D eigenvalue weighted by Crippen LogP contribution is 2.44. The molecule has 4 atom stereocenters. The fraction of sp³-hybridized carbons (Fsp3) is 0.441. The molecular weight excluding hydrogens is 602 g/mol. The van der Waals surface area contributed by atoms with Crippen LogP contribution >= 0.6 is 0 Å². The van der Waals surface area contributed by atoms with E-state index in [0.717, 1.165) is 68.1 Å². The molecular formula is C34H41N7O6. The minimum absolute atomic E-state index is 0.0850. The van der Waals surface area contributed by atoms with Crippen LogP contribution in [0.4, 0.5) is 11.6 Å². The standard InChI is InChI=1S/C34H41N7O6/c1-34(44)29(43)27(20-42)47-33(34)41-31(25(18-35)28-30(36)38-21-39-32(28)41)37-19-22-9-10-24(23-7-3-2-4-8-23)26(17-22)46-14-6-5-11-40-12-15-45-16-13-40/h2-4,7-10,17,21,27,29,33,37,42-44H,5-6,11-16,19-20H2,1H3,(H2,36,38,39)/t27?,29-,33?,34-/m1/s1. The van der Waals surface area contributed by atoms with Crippen LogP contribution in [-0.4, -0.2) is 98.6 Å². The first kappa shape index (κ1) is 32.6. The van der Waals surface area contributed by atoms with Crippen molar-refractivity contribution in [2.75, 3.05) is 57.1 Å². The lowest BCUT2D eigenvalue weighted by molar-refractivity contribution is -0.0939. The van der Waals surface area contributed by atoms with Crippen molar-refractivity contribution < 1.29 is 29.5 Å². The predicted molar refractivity (Wildman–Crippen MR) is 175 cm³/mol. The third-order valence-corrected chi connectivity index (χ3v) is 8.91. The smallest absolute Gasteiger partial charge is 0.168 e. The molecule has 2 aromatic carbocycles. The number of ether oxygens (including phenoxy) is 3. The zero-order valence-electron chi connectivity index (χ0n) is 26.4. The number of nitrogens with one attached hydrogen (secondary N) is 1. The van der Waals surface area contributed by atoms with E-state index in [9.17, 15) is 20.6 Å². The molecule has 4 aromatic rings. The summed E-state index contributed by atoms with van der Waals surface area (Å²) in [5.41, 5.74) is 7.67. The topological polar surface area (TPSA) is 184 Å². The van der Waals surface area contributed by atoms with Crippen LogP contribution < -0.4 is 15.8 Å². The first-order valence-corrected chi connectivity index (χ1v) is 15.9. The Labute approximate surface area is 273 Å². The van der Waals surface area contributed by atoms with Crippen LogP contribution in [0.2, 0.25) is 0 Å². The van der Waals surface area contributed by atoms with Gasteiger partial charge < -0.3 is 40.6 Å². The number of fused-ring (bicyclic) bond motifs is 1. The van der Waals surface area contributed by atoms with E-state index >= 15 is 0 Å². The van der Waals surface area contributed by atoms with Gasteiger partial charge in [0.15, 0.2) is 11.9 Å². The zero-order valence-corrected chi connectivity index (χ0v) is 26.4. The van der Waals surface area contributed by atoms with Crippen molar-refractivity contribution in [2.24, 2.45) is 0 Å². The van der Waals surface area contributed by atoms with Gasteiger partial charge in [0.1, 0.15) is 53.2 Å². The third kappa shape index (κ3) is 6.62. The molecule has 2 saturated heterocycles. The third-order valence-electron chi connectivity index (χ3n) is 8.91. The molecule has 2 fully saturated rings. The number of anilines is 2. The van der Waals surface area contributed by atoms with Gasteiger partial charge in [-0.15, -0.1) is 0 Å². The van der Waals surface area contributed by atoms with Gasteiger partial charge in [-0.2, -0.15) is 5.26 Å². The number of rotatable bonds is 12. The number of nitrogens with two attached hydrogens (primary N) is 1. The van der Waals surface area contributed by atoms with E-state index < -0.39 is 30.6 Å². The monoisotopic (exact) mass is 643 g/mol. The van der Waals surface area contributed by atoms with Gasteiger partial charge >= 0.3 is 0 Å².